The molecule has 2 N–H and O–H groups in total. The maximum atomic E-state index is 11.8. The molecule has 84 valence electrons. The Kier molecular flexibility index (Phi) is 4.70. The normalized spacial score (nSPS) is 27.0. The Hall–Kier alpha value is 0.230. The average molecular weight is 218 g/mol. The minimum atomic E-state index is -0.920. The molecule has 1 unspecified atom stereocenters. The molecule has 0 aliphatic carbocycles. The number of hydrogen-bond donors (Lipinski definition) is 2. The molecule has 0 aromatic carbocycles. The molecule has 2 atom stereocenters. The Morgan fingerprint density at radius 3 is 2.64 bits per heavy atom. The van der Waals surface area contributed by atoms with Crippen molar-refractivity contribution >= 4 is 11.4 Å². The smallest absolute Gasteiger partial charge is 0.136 e. The Morgan fingerprint density at radius 2 is 2.00 bits per heavy atom. The van der Waals surface area contributed by atoms with Crippen LogP contribution in [0.3, 0.4) is 0 Å². The molecule has 1 saturated heterocycles. The second-order valence-corrected chi connectivity index (χ2v) is 6.87. The standard InChI is InChI=1S/C10H22N2OS/c1-10(2,3)14(13)12-9-5-4-7-11-8-6-9/h9,11-12H,4-8H2,1-3H3/t9?,14-/m1/s1. The molecular weight excluding hydrogens is 196 g/mol. The van der Waals surface area contributed by atoms with Gasteiger partial charge in [0.1, 0.15) is 4.75 Å². The van der Waals surface area contributed by atoms with Crippen LogP contribution in [0.15, 0.2) is 0 Å². The number of rotatable bonds is 2. The van der Waals surface area contributed by atoms with E-state index in [4.69, 9.17) is 0 Å². The number of nitrogens with one attached hydrogen (secondary N) is 2. The van der Waals surface area contributed by atoms with E-state index in [1.165, 1.54) is 6.42 Å². The van der Waals surface area contributed by atoms with Crippen LogP contribution < -0.4 is 10.0 Å². The maximum absolute atomic E-state index is 11.8. The Labute approximate surface area is 90.3 Å². The van der Waals surface area contributed by atoms with E-state index < -0.39 is 11.4 Å². The predicted molar refractivity (Wildman–Crippen MR) is 61.5 cm³/mol. The molecule has 1 aliphatic heterocycles. The number of hydrogen-bond acceptors (Lipinski definition) is 3. The van der Waals surface area contributed by atoms with Crippen LogP contribution in [0.2, 0.25) is 0 Å². The lowest BCUT2D eigenvalue weighted by molar-refractivity contribution is 0.496. The lowest BCUT2D eigenvalue weighted by Gasteiger charge is -2.27. The quantitative estimate of drug-likeness (QED) is 0.684. The summed E-state index contributed by atoms with van der Waals surface area (Å²) in [6, 6.07) is 0.421. The van der Waals surface area contributed by atoms with Crippen molar-refractivity contribution < 1.29 is 4.55 Å². The van der Waals surface area contributed by atoms with Crippen LogP contribution in [-0.2, 0) is 11.4 Å². The summed E-state index contributed by atoms with van der Waals surface area (Å²) in [5.74, 6) is 0. The van der Waals surface area contributed by atoms with Gasteiger partial charge in [0, 0.05) is 11.4 Å². The molecule has 1 aliphatic rings. The lowest BCUT2D eigenvalue weighted by atomic mass is 10.1. The molecule has 0 saturated carbocycles. The molecule has 0 aromatic rings. The zero-order valence-corrected chi connectivity index (χ0v) is 10.2. The lowest BCUT2D eigenvalue weighted by Crippen LogP contribution is -2.44. The zero-order valence-electron chi connectivity index (χ0n) is 9.43. The molecule has 1 fully saturated rings. The van der Waals surface area contributed by atoms with Crippen LogP contribution in [0.4, 0.5) is 0 Å². The van der Waals surface area contributed by atoms with Gasteiger partial charge in [-0.2, -0.15) is 0 Å². The van der Waals surface area contributed by atoms with Crippen LogP contribution in [0.1, 0.15) is 40.0 Å². The fourth-order valence-electron chi connectivity index (χ4n) is 1.47. The Morgan fingerprint density at radius 1 is 1.29 bits per heavy atom. The Balaban J connectivity index is 2.34. The van der Waals surface area contributed by atoms with E-state index in [1.807, 2.05) is 20.8 Å². The largest absolute Gasteiger partial charge is 0.598 e. The molecular formula is C10H22N2OS. The maximum Gasteiger partial charge on any atom is 0.136 e. The SMILES string of the molecule is CC(C)(C)[S@@+]([O-])NC1CCCNCC1. The van der Waals surface area contributed by atoms with Crippen LogP contribution in [0, 0.1) is 0 Å². The van der Waals surface area contributed by atoms with Crippen LogP contribution in [0.25, 0.3) is 0 Å². The van der Waals surface area contributed by atoms with Gasteiger partial charge in [-0.05, 0) is 53.1 Å². The fraction of sp³-hybridized carbons (Fsp3) is 1.00. The summed E-state index contributed by atoms with van der Waals surface area (Å²) >= 11 is -0.920. The zero-order chi connectivity index (χ0) is 10.6. The summed E-state index contributed by atoms with van der Waals surface area (Å²) in [6.45, 7) is 8.15. The van der Waals surface area contributed by atoms with Crippen molar-refractivity contribution in [1.29, 1.82) is 0 Å². The third-order valence-electron chi connectivity index (χ3n) is 2.41. The molecule has 0 aromatic heterocycles. The van der Waals surface area contributed by atoms with E-state index in [0.717, 1.165) is 25.9 Å². The van der Waals surface area contributed by atoms with E-state index in [9.17, 15) is 4.55 Å². The van der Waals surface area contributed by atoms with Gasteiger partial charge in [-0.1, -0.05) is 0 Å². The van der Waals surface area contributed by atoms with E-state index in [2.05, 4.69) is 10.0 Å². The van der Waals surface area contributed by atoms with Crippen molar-refractivity contribution in [2.45, 2.75) is 50.8 Å². The predicted octanol–water partition coefficient (Wildman–Crippen LogP) is 1.18. The first-order valence-electron chi connectivity index (χ1n) is 5.39. The molecule has 1 rings (SSSR count). The van der Waals surface area contributed by atoms with Crippen molar-refractivity contribution in [2.75, 3.05) is 13.1 Å². The highest BCUT2D eigenvalue weighted by atomic mass is 32.2. The topological polar surface area (TPSA) is 47.1 Å². The van der Waals surface area contributed by atoms with Crippen LogP contribution in [-0.4, -0.2) is 28.4 Å². The van der Waals surface area contributed by atoms with Crippen LogP contribution >= 0.6 is 0 Å². The van der Waals surface area contributed by atoms with Gasteiger partial charge in [0.15, 0.2) is 0 Å². The average Bonchev–Trinajstić information content (AvgIpc) is 2.31. The van der Waals surface area contributed by atoms with Crippen molar-refractivity contribution in [3.63, 3.8) is 0 Å². The third kappa shape index (κ3) is 4.17. The summed E-state index contributed by atoms with van der Waals surface area (Å²) in [6.07, 6.45) is 3.40. The highest BCUT2D eigenvalue weighted by molar-refractivity contribution is 7.90. The van der Waals surface area contributed by atoms with Gasteiger partial charge >= 0.3 is 0 Å². The van der Waals surface area contributed by atoms with Crippen molar-refractivity contribution in [2.24, 2.45) is 0 Å². The molecule has 4 heteroatoms. The minimum Gasteiger partial charge on any atom is -0.598 e. The first-order chi connectivity index (χ1) is 6.50. The summed E-state index contributed by atoms with van der Waals surface area (Å²) in [5, 5.41) is 3.35. The second-order valence-electron chi connectivity index (χ2n) is 4.88. The van der Waals surface area contributed by atoms with Gasteiger partial charge in [0.25, 0.3) is 0 Å². The molecule has 14 heavy (non-hydrogen) atoms. The van der Waals surface area contributed by atoms with Crippen molar-refractivity contribution in [3.8, 4) is 0 Å². The van der Waals surface area contributed by atoms with Gasteiger partial charge in [0.2, 0.25) is 0 Å². The molecule has 1 heterocycles. The van der Waals surface area contributed by atoms with E-state index in [-0.39, 0.29) is 4.75 Å². The van der Waals surface area contributed by atoms with Gasteiger partial charge < -0.3 is 9.87 Å². The van der Waals surface area contributed by atoms with Crippen molar-refractivity contribution in [3.05, 3.63) is 0 Å². The van der Waals surface area contributed by atoms with Gasteiger partial charge in [-0.3, -0.25) is 0 Å². The molecule has 3 nitrogen and oxygen atoms in total. The highest BCUT2D eigenvalue weighted by Crippen LogP contribution is 2.16. The first kappa shape index (κ1) is 12.3. The van der Waals surface area contributed by atoms with E-state index in [1.54, 1.807) is 0 Å². The fourth-order valence-corrected chi connectivity index (χ4v) is 2.36. The van der Waals surface area contributed by atoms with E-state index in [0.29, 0.717) is 6.04 Å². The van der Waals surface area contributed by atoms with Gasteiger partial charge in [-0.25, -0.2) is 0 Å². The summed E-state index contributed by atoms with van der Waals surface area (Å²) in [7, 11) is 0. The minimum absolute atomic E-state index is 0.153. The third-order valence-corrected chi connectivity index (χ3v) is 4.07. The summed E-state index contributed by atoms with van der Waals surface area (Å²) in [5.41, 5.74) is 0. The molecule has 0 bridgehead atoms. The molecule has 0 spiro atoms. The highest BCUT2D eigenvalue weighted by Gasteiger charge is 2.29. The summed E-state index contributed by atoms with van der Waals surface area (Å²) < 4.78 is 14.9. The molecule has 0 radical (unpaired) electrons. The molecule has 0 amide bonds. The van der Waals surface area contributed by atoms with Gasteiger partial charge in [0.05, 0.1) is 6.04 Å². The van der Waals surface area contributed by atoms with Gasteiger partial charge in [-0.15, -0.1) is 4.72 Å². The van der Waals surface area contributed by atoms with Crippen LogP contribution in [0.5, 0.6) is 0 Å². The first-order valence-corrected chi connectivity index (χ1v) is 6.54. The monoisotopic (exact) mass is 218 g/mol. The summed E-state index contributed by atoms with van der Waals surface area (Å²) in [4.78, 5) is 0. The second kappa shape index (κ2) is 5.35. The van der Waals surface area contributed by atoms with Crippen molar-refractivity contribution in [1.82, 2.24) is 10.0 Å². The van der Waals surface area contributed by atoms with E-state index >= 15 is 0 Å². The Bertz CT molecular complexity index is 162.